The highest BCUT2D eigenvalue weighted by Gasteiger charge is 2.25. The minimum atomic E-state index is -0.580. The molecular weight excluding hydrogens is 451 g/mol. The molecule has 0 aromatic heterocycles. The van der Waals surface area contributed by atoms with Gasteiger partial charge < -0.3 is 10.2 Å². The van der Waals surface area contributed by atoms with Crippen molar-refractivity contribution in [3.8, 4) is 0 Å². The first-order valence-electron chi connectivity index (χ1n) is 9.15. The van der Waals surface area contributed by atoms with E-state index in [1.807, 2.05) is 25.1 Å². The topological polar surface area (TPSA) is 49.4 Å². The first-order valence-corrected chi connectivity index (χ1v) is 11.4. The van der Waals surface area contributed by atoms with Crippen molar-refractivity contribution in [2.75, 3.05) is 12.3 Å². The van der Waals surface area contributed by atoms with Gasteiger partial charge in [0.15, 0.2) is 0 Å². The minimum absolute atomic E-state index is 0.108. The van der Waals surface area contributed by atoms with Crippen LogP contribution in [0.5, 0.6) is 0 Å². The third-order valence-corrected chi connectivity index (χ3v) is 6.24. The predicted octanol–water partition coefficient (Wildman–Crippen LogP) is 5.43. The molecule has 0 spiro atoms. The molecule has 0 heterocycles. The fraction of sp³-hybridized carbons (Fsp3) is 0.333. The quantitative estimate of drug-likeness (QED) is 0.528. The van der Waals surface area contributed by atoms with Crippen LogP contribution in [-0.4, -0.2) is 35.1 Å². The summed E-state index contributed by atoms with van der Waals surface area (Å²) in [5.41, 5.74) is 1.90. The monoisotopic (exact) mass is 472 g/mol. The fourth-order valence-corrected chi connectivity index (χ4v) is 3.96. The van der Waals surface area contributed by atoms with Crippen LogP contribution in [0.15, 0.2) is 42.5 Å². The van der Waals surface area contributed by atoms with Gasteiger partial charge in [-0.15, -0.1) is 11.8 Å². The van der Waals surface area contributed by atoms with Crippen LogP contribution in [0.2, 0.25) is 15.1 Å². The molecule has 2 aromatic carbocycles. The molecule has 1 N–H and O–H groups in total. The number of amides is 2. The number of rotatable bonds is 9. The molecule has 0 fully saturated rings. The molecule has 4 nitrogen and oxygen atoms in total. The number of halogens is 3. The van der Waals surface area contributed by atoms with E-state index in [0.29, 0.717) is 33.9 Å². The Balaban J connectivity index is 2.05. The molecule has 2 rings (SSSR count). The van der Waals surface area contributed by atoms with Crippen molar-refractivity contribution >= 4 is 58.4 Å². The molecule has 29 heavy (non-hydrogen) atoms. The number of hydrogen-bond donors (Lipinski definition) is 1. The highest BCUT2D eigenvalue weighted by atomic mass is 35.5. The maximum atomic E-state index is 12.9. The van der Waals surface area contributed by atoms with Crippen LogP contribution < -0.4 is 5.32 Å². The van der Waals surface area contributed by atoms with Crippen molar-refractivity contribution in [1.82, 2.24) is 10.2 Å². The molecule has 0 aliphatic rings. The summed E-state index contributed by atoms with van der Waals surface area (Å²) in [4.78, 5) is 26.9. The van der Waals surface area contributed by atoms with Crippen LogP contribution in [0.3, 0.4) is 0 Å². The zero-order valence-electron chi connectivity index (χ0n) is 16.3. The molecule has 0 unspecified atom stereocenters. The van der Waals surface area contributed by atoms with E-state index < -0.39 is 6.04 Å². The van der Waals surface area contributed by atoms with Gasteiger partial charge in [0.1, 0.15) is 6.04 Å². The van der Waals surface area contributed by atoms with Gasteiger partial charge >= 0.3 is 0 Å². The zero-order valence-corrected chi connectivity index (χ0v) is 19.3. The van der Waals surface area contributed by atoms with E-state index in [-0.39, 0.29) is 17.6 Å². The van der Waals surface area contributed by atoms with E-state index in [1.54, 1.807) is 36.1 Å². The number of hydrogen-bond acceptors (Lipinski definition) is 3. The van der Waals surface area contributed by atoms with E-state index in [9.17, 15) is 9.59 Å². The molecule has 0 aliphatic carbocycles. The lowest BCUT2D eigenvalue weighted by Crippen LogP contribution is -2.48. The Morgan fingerprint density at radius 2 is 1.69 bits per heavy atom. The first-order chi connectivity index (χ1) is 13.8. The summed E-state index contributed by atoms with van der Waals surface area (Å²) < 4.78 is 0. The predicted molar refractivity (Wildman–Crippen MR) is 123 cm³/mol. The van der Waals surface area contributed by atoms with E-state index in [0.717, 1.165) is 11.1 Å². The minimum Gasteiger partial charge on any atom is -0.355 e. The van der Waals surface area contributed by atoms with E-state index >= 15 is 0 Å². The van der Waals surface area contributed by atoms with Gasteiger partial charge in [-0.1, -0.05) is 53.0 Å². The standard InChI is InChI=1S/C21H23Cl3N2O2S/c1-3-25-21(28)14(2)26(11-15-4-7-17(22)8-5-15)20(27)13-29-12-16-6-9-18(23)19(24)10-16/h4-10,14H,3,11-13H2,1-2H3,(H,25,28)/t14-/m0/s1. The average molecular weight is 474 g/mol. The summed E-state index contributed by atoms with van der Waals surface area (Å²) in [5.74, 6) is 0.581. The van der Waals surface area contributed by atoms with Crippen molar-refractivity contribution < 1.29 is 9.59 Å². The molecule has 2 aromatic rings. The van der Waals surface area contributed by atoms with Crippen LogP contribution >= 0.6 is 46.6 Å². The third kappa shape index (κ3) is 7.41. The van der Waals surface area contributed by atoms with Gasteiger partial charge in [0, 0.05) is 23.9 Å². The van der Waals surface area contributed by atoms with Crippen molar-refractivity contribution in [3.63, 3.8) is 0 Å². The number of nitrogens with zero attached hydrogens (tertiary/aromatic N) is 1. The first kappa shape index (κ1) is 23.9. The lowest BCUT2D eigenvalue weighted by atomic mass is 10.1. The Kier molecular flexibility index (Phi) is 9.63. The maximum absolute atomic E-state index is 12.9. The van der Waals surface area contributed by atoms with Crippen LogP contribution in [0, 0.1) is 0 Å². The second kappa shape index (κ2) is 11.7. The van der Waals surface area contributed by atoms with Gasteiger partial charge in [0.05, 0.1) is 15.8 Å². The number of nitrogens with one attached hydrogen (secondary N) is 1. The molecule has 0 bridgehead atoms. The molecule has 0 saturated heterocycles. The fourth-order valence-electron chi connectivity index (χ4n) is 2.66. The highest BCUT2D eigenvalue weighted by molar-refractivity contribution is 7.99. The molecule has 8 heteroatoms. The van der Waals surface area contributed by atoms with Crippen LogP contribution in [-0.2, 0) is 21.9 Å². The molecule has 1 atom stereocenters. The smallest absolute Gasteiger partial charge is 0.242 e. The van der Waals surface area contributed by atoms with Gasteiger partial charge in [-0.3, -0.25) is 9.59 Å². The molecule has 0 saturated carbocycles. The largest absolute Gasteiger partial charge is 0.355 e. The van der Waals surface area contributed by atoms with Gasteiger partial charge in [0.25, 0.3) is 0 Å². The number of carbonyl (C=O) groups is 2. The Morgan fingerprint density at radius 1 is 1.03 bits per heavy atom. The van der Waals surface area contributed by atoms with Crippen molar-refractivity contribution in [2.24, 2.45) is 0 Å². The summed E-state index contributed by atoms with van der Waals surface area (Å²) in [5, 5.41) is 4.40. The summed E-state index contributed by atoms with van der Waals surface area (Å²) in [7, 11) is 0. The Morgan fingerprint density at radius 3 is 2.31 bits per heavy atom. The number of thioether (sulfide) groups is 1. The van der Waals surface area contributed by atoms with Crippen LogP contribution in [0.1, 0.15) is 25.0 Å². The molecule has 2 amide bonds. The number of benzene rings is 2. The van der Waals surface area contributed by atoms with Crippen molar-refractivity contribution in [2.45, 2.75) is 32.2 Å². The lowest BCUT2D eigenvalue weighted by molar-refractivity contribution is -0.138. The van der Waals surface area contributed by atoms with Crippen molar-refractivity contribution in [1.29, 1.82) is 0 Å². The SMILES string of the molecule is CCNC(=O)[C@H](C)N(Cc1ccc(Cl)cc1)C(=O)CSCc1ccc(Cl)c(Cl)c1. The van der Waals surface area contributed by atoms with Gasteiger partial charge in [-0.05, 0) is 49.2 Å². The molecule has 0 aliphatic heterocycles. The van der Waals surface area contributed by atoms with Gasteiger partial charge in [0.2, 0.25) is 11.8 Å². The molecule has 0 radical (unpaired) electrons. The Labute approximate surface area is 190 Å². The maximum Gasteiger partial charge on any atom is 0.242 e. The van der Waals surface area contributed by atoms with E-state index in [4.69, 9.17) is 34.8 Å². The van der Waals surface area contributed by atoms with Gasteiger partial charge in [-0.25, -0.2) is 0 Å². The highest BCUT2D eigenvalue weighted by Crippen LogP contribution is 2.25. The number of carbonyl (C=O) groups excluding carboxylic acids is 2. The summed E-state index contributed by atoms with van der Waals surface area (Å²) >= 11 is 19.4. The van der Waals surface area contributed by atoms with E-state index in [1.165, 1.54) is 11.8 Å². The summed E-state index contributed by atoms with van der Waals surface area (Å²) in [6, 6.07) is 12.1. The second-order valence-electron chi connectivity index (χ2n) is 6.46. The van der Waals surface area contributed by atoms with Crippen LogP contribution in [0.4, 0.5) is 0 Å². The summed E-state index contributed by atoms with van der Waals surface area (Å²) in [6.45, 7) is 4.44. The Bertz CT molecular complexity index is 846. The zero-order chi connectivity index (χ0) is 21.4. The van der Waals surface area contributed by atoms with E-state index in [2.05, 4.69) is 5.32 Å². The Hall–Kier alpha value is -1.40. The molecule has 156 valence electrons. The molecular formula is C21H23Cl3N2O2S. The second-order valence-corrected chi connectivity index (χ2v) is 8.70. The third-order valence-electron chi connectivity index (χ3n) is 4.26. The lowest BCUT2D eigenvalue weighted by Gasteiger charge is -2.28. The normalized spacial score (nSPS) is 11.8. The van der Waals surface area contributed by atoms with Crippen LogP contribution in [0.25, 0.3) is 0 Å². The van der Waals surface area contributed by atoms with Crippen molar-refractivity contribution in [3.05, 3.63) is 68.7 Å². The van der Waals surface area contributed by atoms with Gasteiger partial charge in [-0.2, -0.15) is 0 Å². The number of likely N-dealkylation sites (N-methyl/N-ethyl adjacent to an activating group) is 1. The summed E-state index contributed by atoms with van der Waals surface area (Å²) in [6.07, 6.45) is 0. The average Bonchev–Trinajstić information content (AvgIpc) is 2.69.